The molecule has 0 aliphatic carbocycles. The van der Waals surface area contributed by atoms with Gasteiger partial charge < -0.3 is 10.2 Å². The number of nitrogens with one attached hydrogen (secondary N) is 1. The Hall–Kier alpha value is -1.40. The van der Waals surface area contributed by atoms with Crippen molar-refractivity contribution < 1.29 is 4.79 Å². The van der Waals surface area contributed by atoms with Crippen LogP contribution in [0.15, 0.2) is 41.8 Å². The molecule has 3 heterocycles. The SMILES string of the molecule is C[C@@H]1CNCCN1CC(=O)N1CCc2sccc2C1c1ccccc1.Cl. The van der Waals surface area contributed by atoms with Gasteiger partial charge in [-0.3, -0.25) is 9.69 Å². The van der Waals surface area contributed by atoms with Gasteiger partial charge in [-0.05, 0) is 35.9 Å². The second-order valence-corrected chi connectivity index (χ2v) is 7.97. The van der Waals surface area contributed by atoms with Crippen molar-refractivity contribution in [2.45, 2.75) is 25.4 Å². The van der Waals surface area contributed by atoms with Crippen molar-refractivity contribution in [3.8, 4) is 0 Å². The fourth-order valence-corrected chi connectivity index (χ4v) is 4.87. The second-order valence-electron chi connectivity index (χ2n) is 6.97. The summed E-state index contributed by atoms with van der Waals surface area (Å²) in [6.07, 6.45) is 0.971. The third kappa shape index (κ3) is 3.81. The fraction of sp³-hybridized carbons (Fsp3) is 0.450. The van der Waals surface area contributed by atoms with Crippen LogP contribution in [0, 0.1) is 0 Å². The lowest BCUT2D eigenvalue weighted by molar-refractivity contribution is -0.135. The van der Waals surface area contributed by atoms with Crippen LogP contribution >= 0.6 is 23.7 Å². The number of benzene rings is 1. The van der Waals surface area contributed by atoms with Gasteiger partial charge in [0.1, 0.15) is 0 Å². The Morgan fingerprint density at radius 3 is 2.81 bits per heavy atom. The van der Waals surface area contributed by atoms with Crippen molar-refractivity contribution >= 4 is 29.7 Å². The van der Waals surface area contributed by atoms with Crippen LogP contribution in [0.5, 0.6) is 0 Å². The molecule has 1 unspecified atom stereocenters. The van der Waals surface area contributed by atoms with E-state index in [0.29, 0.717) is 12.6 Å². The molecule has 2 aliphatic rings. The van der Waals surface area contributed by atoms with Gasteiger partial charge in [-0.15, -0.1) is 23.7 Å². The van der Waals surface area contributed by atoms with E-state index in [2.05, 4.69) is 57.8 Å². The summed E-state index contributed by atoms with van der Waals surface area (Å²) in [5.74, 6) is 0.249. The zero-order valence-electron chi connectivity index (χ0n) is 15.1. The van der Waals surface area contributed by atoms with Crippen molar-refractivity contribution in [1.82, 2.24) is 15.1 Å². The number of fused-ring (bicyclic) bond motifs is 1. The molecule has 4 nitrogen and oxygen atoms in total. The average Bonchev–Trinajstić information content (AvgIpc) is 3.12. The van der Waals surface area contributed by atoms with Crippen LogP contribution in [0.1, 0.15) is 29.0 Å². The summed E-state index contributed by atoms with van der Waals surface area (Å²) in [7, 11) is 0. The van der Waals surface area contributed by atoms with E-state index in [1.165, 1.54) is 16.0 Å². The van der Waals surface area contributed by atoms with Crippen molar-refractivity contribution in [3.63, 3.8) is 0 Å². The first-order valence-corrected chi connectivity index (χ1v) is 9.97. The molecule has 26 heavy (non-hydrogen) atoms. The zero-order chi connectivity index (χ0) is 17.2. The van der Waals surface area contributed by atoms with E-state index in [-0.39, 0.29) is 24.4 Å². The van der Waals surface area contributed by atoms with Gasteiger partial charge in [-0.1, -0.05) is 30.3 Å². The number of hydrogen-bond donors (Lipinski definition) is 1. The van der Waals surface area contributed by atoms with Crippen LogP contribution in [0.2, 0.25) is 0 Å². The van der Waals surface area contributed by atoms with E-state index in [4.69, 9.17) is 0 Å². The molecule has 4 rings (SSSR count). The van der Waals surface area contributed by atoms with Crippen molar-refractivity contribution in [2.24, 2.45) is 0 Å². The first kappa shape index (κ1) is 19.4. The summed E-state index contributed by atoms with van der Waals surface area (Å²) < 4.78 is 0. The molecule has 2 aliphatic heterocycles. The summed E-state index contributed by atoms with van der Waals surface area (Å²) in [5.41, 5.74) is 2.52. The Morgan fingerprint density at radius 2 is 2.04 bits per heavy atom. The minimum Gasteiger partial charge on any atom is -0.330 e. The number of carbonyl (C=O) groups is 1. The molecule has 1 N–H and O–H groups in total. The predicted octanol–water partition coefficient (Wildman–Crippen LogP) is 2.94. The maximum Gasteiger partial charge on any atom is 0.237 e. The molecule has 0 radical (unpaired) electrons. The Bertz CT molecular complexity index is 736. The number of carbonyl (C=O) groups excluding carboxylic acids is 1. The number of halogens is 1. The summed E-state index contributed by atoms with van der Waals surface area (Å²) in [4.78, 5) is 19.0. The second kappa shape index (κ2) is 8.53. The lowest BCUT2D eigenvalue weighted by Gasteiger charge is -2.39. The van der Waals surface area contributed by atoms with Gasteiger partial charge >= 0.3 is 0 Å². The highest BCUT2D eigenvalue weighted by Gasteiger charge is 2.34. The van der Waals surface area contributed by atoms with Gasteiger partial charge in [0.2, 0.25) is 5.91 Å². The predicted molar refractivity (Wildman–Crippen MR) is 109 cm³/mol. The Kier molecular flexibility index (Phi) is 6.35. The van der Waals surface area contributed by atoms with Crippen LogP contribution in [-0.2, 0) is 11.2 Å². The van der Waals surface area contributed by atoms with E-state index < -0.39 is 0 Å². The lowest BCUT2D eigenvalue weighted by atomic mass is 9.93. The minimum atomic E-state index is 0. The van der Waals surface area contributed by atoms with Crippen molar-refractivity contribution in [1.29, 1.82) is 0 Å². The quantitative estimate of drug-likeness (QED) is 0.873. The zero-order valence-corrected chi connectivity index (χ0v) is 16.7. The van der Waals surface area contributed by atoms with Gasteiger partial charge in [0.05, 0.1) is 12.6 Å². The molecule has 1 saturated heterocycles. The molecule has 0 saturated carbocycles. The van der Waals surface area contributed by atoms with Crippen LogP contribution in [0.3, 0.4) is 0 Å². The molecule has 6 heteroatoms. The third-order valence-corrected chi connectivity index (χ3v) is 6.38. The molecule has 140 valence electrons. The molecule has 1 aromatic heterocycles. The summed E-state index contributed by atoms with van der Waals surface area (Å²) >= 11 is 1.82. The highest BCUT2D eigenvalue weighted by atomic mass is 35.5. The Balaban J connectivity index is 0.00000196. The largest absolute Gasteiger partial charge is 0.330 e. The highest BCUT2D eigenvalue weighted by molar-refractivity contribution is 7.10. The van der Waals surface area contributed by atoms with Gasteiger partial charge in [-0.25, -0.2) is 0 Å². The van der Waals surface area contributed by atoms with E-state index in [0.717, 1.165) is 32.6 Å². The molecule has 1 fully saturated rings. The Labute approximate surface area is 165 Å². The number of thiophene rings is 1. The number of amides is 1. The number of nitrogens with zero attached hydrogens (tertiary/aromatic N) is 2. The van der Waals surface area contributed by atoms with Crippen molar-refractivity contribution in [3.05, 3.63) is 57.8 Å². The molecule has 1 aromatic carbocycles. The first-order valence-electron chi connectivity index (χ1n) is 9.09. The maximum absolute atomic E-state index is 13.2. The maximum atomic E-state index is 13.2. The molecule has 0 spiro atoms. The van der Waals surface area contributed by atoms with Crippen LogP contribution in [-0.4, -0.2) is 54.5 Å². The normalized spacial score (nSPS) is 23.2. The van der Waals surface area contributed by atoms with Gasteiger partial charge in [0, 0.05) is 37.1 Å². The van der Waals surface area contributed by atoms with Crippen molar-refractivity contribution in [2.75, 3.05) is 32.7 Å². The molecule has 2 atom stereocenters. The van der Waals surface area contributed by atoms with E-state index in [1.807, 2.05) is 17.4 Å². The third-order valence-electron chi connectivity index (χ3n) is 5.38. The monoisotopic (exact) mass is 391 g/mol. The molecule has 1 amide bonds. The van der Waals surface area contributed by atoms with Crippen LogP contribution in [0.25, 0.3) is 0 Å². The van der Waals surface area contributed by atoms with E-state index >= 15 is 0 Å². The topological polar surface area (TPSA) is 35.6 Å². The molecular weight excluding hydrogens is 366 g/mol. The van der Waals surface area contributed by atoms with Crippen LogP contribution < -0.4 is 5.32 Å². The van der Waals surface area contributed by atoms with Gasteiger partial charge in [0.25, 0.3) is 0 Å². The number of piperazine rings is 1. The summed E-state index contributed by atoms with van der Waals surface area (Å²) in [6, 6.07) is 13.1. The van der Waals surface area contributed by atoms with Gasteiger partial charge in [0.15, 0.2) is 0 Å². The molecular formula is C20H26ClN3OS. The highest BCUT2D eigenvalue weighted by Crippen LogP contribution is 2.37. The Morgan fingerprint density at radius 1 is 1.23 bits per heavy atom. The summed E-state index contributed by atoms with van der Waals surface area (Å²) in [6.45, 7) is 6.40. The minimum absolute atomic E-state index is 0. The number of hydrogen-bond acceptors (Lipinski definition) is 4. The standard InChI is InChI=1S/C20H25N3OS.ClH/c1-15-13-21-9-11-22(15)14-19(24)23-10-7-18-17(8-12-25-18)20(23)16-5-3-2-4-6-16;/h2-6,8,12,15,20-21H,7,9-11,13-14H2,1H3;1H/t15-,20?;/m1./s1. The van der Waals surface area contributed by atoms with Crippen LogP contribution in [0.4, 0.5) is 0 Å². The average molecular weight is 392 g/mol. The van der Waals surface area contributed by atoms with E-state index in [1.54, 1.807) is 0 Å². The fourth-order valence-electron chi connectivity index (χ4n) is 3.96. The first-order chi connectivity index (χ1) is 12.2. The van der Waals surface area contributed by atoms with Gasteiger partial charge in [-0.2, -0.15) is 0 Å². The summed E-state index contributed by atoms with van der Waals surface area (Å²) in [5, 5.41) is 5.56. The number of rotatable bonds is 3. The molecule has 2 aromatic rings. The molecule has 0 bridgehead atoms. The lowest BCUT2D eigenvalue weighted by Crippen LogP contribution is -2.54. The van der Waals surface area contributed by atoms with E-state index in [9.17, 15) is 4.79 Å². The smallest absolute Gasteiger partial charge is 0.237 e.